The average molecular weight is 272 g/mol. The van der Waals surface area contributed by atoms with E-state index in [1.807, 2.05) is 6.92 Å². The first kappa shape index (κ1) is 14.4. The molecule has 0 heterocycles. The number of nitrogens with one attached hydrogen (secondary N) is 3. The number of likely N-dealkylation sites (N-methyl/N-ethyl adjacent to an activating group) is 1. The van der Waals surface area contributed by atoms with Crippen molar-refractivity contribution >= 4 is 27.5 Å². The number of amides is 1. The summed E-state index contributed by atoms with van der Waals surface area (Å²) in [5.41, 5.74) is 0.783. The smallest absolute Gasteiger partial charge is 0.296 e. The van der Waals surface area contributed by atoms with Crippen molar-refractivity contribution in [3.63, 3.8) is 0 Å². The molecule has 0 saturated carbocycles. The Kier molecular flexibility index (Phi) is 5.08. The predicted molar refractivity (Wildman–Crippen MR) is 70.3 cm³/mol. The van der Waals surface area contributed by atoms with Crippen LogP contribution in [-0.4, -0.2) is 27.4 Å². The summed E-state index contributed by atoms with van der Waals surface area (Å²) in [7, 11) is -3.81. The minimum atomic E-state index is -3.81. The number of carbonyl (C=O) groups is 1. The van der Waals surface area contributed by atoms with Crippen molar-refractivity contribution in [3.8, 4) is 0 Å². The Hall–Kier alpha value is -1.64. The van der Waals surface area contributed by atoms with Gasteiger partial charge in [0.2, 0.25) is 5.91 Å². The number of anilines is 2. The third-order valence-electron chi connectivity index (χ3n) is 1.94. The zero-order valence-corrected chi connectivity index (χ0v) is 10.8. The van der Waals surface area contributed by atoms with Crippen molar-refractivity contribution in [2.45, 2.75) is 6.92 Å². The van der Waals surface area contributed by atoms with Gasteiger partial charge in [-0.2, -0.15) is 8.42 Å². The lowest BCUT2D eigenvalue weighted by molar-refractivity contribution is -0.115. The molecule has 8 heteroatoms. The van der Waals surface area contributed by atoms with E-state index in [1.54, 1.807) is 12.1 Å². The van der Waals surface area contributed by atoms with Gasteiger partial charge in [0.25, 0.3) is 10.2 Å². The van der Waals surface area contributed by atoms with Crippen molar-refractivity contribution < 1.29 is 13.2 Å². The van der Waals surface area contributed by atoms with E-state index in [1.165, 1.54) is 12.1 Å². The fourth-order valence-corrected chi connectivity index (χ4v) is 1.72. The molecule has 0 aromatic heterocycles. The fraction of sp³-hybridized carbons (Fsp3) is 0.300. The minimum absolute atomic E-state index is 0.198. The van der Waals surface area contributed by atoms with E-state index in [4.69, 9.17) is 5.14 Å². The van der Waals surface area contributed by atoms with E-state index in [-0.39, 0.29) is 12.5 Å². The number of hydrogen-bond donors (Lipinski definition) is 4. The molecule has 1 aromatic carbocycles. The van der Waals surface area contributed by atoms with Crippen LogP contribution in [0.3, 0.4) is 0 Å². The Balaban J connectivity index is 2.68. The van der Waals surface area contributed by atoms with Gasteiger partial charge in [-0.1, -0.05) is 13.0 Å². The lowest BCUT2D eigenvalue weighted by atomic mass is 10.3. The van der Waals surface area contributed by atoms with Gasteiger partial charge < -0.3 is 10.6 Å². The Morgan fingerprint density at radius 2 is 2.00 bits per heavy atom. The van der Waals surface area contributed by atoms with E-state index in [2.05, 4.69) is 15.4 Å². The Bertz CT molecular complexity index is 516. The predicted octanol–water partition coefficient (Wildman–Crippen LogP) is -0.150. The molecule has 7 nitrogen and oxygen atoms in total. The van der Waals surface area contributed by atoms with Crippen LogP contribution in [0.4, 0.5) is 11.4 Å². The first-order valence-electron chi connectivity index (χ1n) is 5.32. The van der Waals surface area contributed by atoms with Gasteiger partial charge in [-0.25, -0.2) is 5.14 Å². The van der Waals surface area contributed by atoms with Crippen LogP contribution in [0.2, 0.25) is 0 Å². The van der Waals surface area contributed by atoms with Crippen LogP contribution in [0.25, 0.3) is 0 Å². The molecule has 0 aliphatic rings. The van der Waals surface area contributed by atoms with Gasteiger partial charge in [-0.15, -0.1) is 0 Å². The number of hydrogen-bond acceptors (Lipinski definition) is 4. The average Bonchev–Trinajstić information content (AvgIpc) is 2.24. The topological polar surface area (TPSA) is 113 Å². The SMILES string of the molecule is CCNCC(=O)Nc1cccc(NS(N)(=O)=O)c1. The van der Waals surface area contributed by atoms with Crippen LogP contribution >= 0.6 is 0 Å². The molecule has 1 amide bonds. The zero-order chi connectivity index (χ0) is 13.6. The third-order valence-corrected chi connectivity index (χ3v) is 2.46. The maximum Gasteiger partial charge on any atom is 0.296 e. The molecule has 0 aliphatic heterocycles. The maximum absolute atomic E-state index is 11.4. The van der Waals surface area contributed by atoms with E-state index >= 15 is 0 Å². The number of nitrogens with two attached hydrogens (primary N) is 1. The standard InChI is InChI=1S/C10H16N4O3S/c1-2-12-7-10(15)13-8-4-3-5-9(6-8)14-18(11,16)17/h3-6,12,14H,2,7H2,1H3,(H,13,15)(H2,11,16,17). The van der Waals surface area contributed by atoms with Crippen LogP contribution in [0.15, 0.2) is 24.3 Å². The molecule has 100 valence electrons. The summed E-state index contributed by atoms with van der Waals surface area (Å²) >= 11 is 0. The lowest BCUT2D eigenvalue weighted by Crippen LogP contribution is -2.27. The van der Waals surface area contributed by atoms with E-state index in [9.17, 15) is 13.2 Å². The molecular formula is C10H16N4O3S. The van der Waals surface area contributed by atoms with Crippen LogP contribution in [0.1, 0.15) is 6.92 Å². The van der Waals surface area contributed by atoms with Gasteiger partial charge in [0.1, 0.15) is 0 Å². The highest BCUT2D eigenvalue weighted by molar-refractivity contribution is 7.90. The number of carbonyl (C=O) groups excluding carboxylic acids is 1. The van der Waals surface area contributed by atoms with E-state index in [0.717, 1.165) is 0 Å². The minimum Gasteiger partial charge on any atom is -0.325 e. The summed E-state index contributed by atoms with van der Waals surface area (Å²) in [5, 5.41) is 10.4. The Labute approximate surface area is 106 Å². The molecule has 1 rings (SSSR count). The second kappa shape index (κ2) is 6.34. The molecule has 0 fully saturated rings. The van der Waals surface area contributed by atoms with Crippen molar-refractivity contribution in [1.82, 2.24) is 5.32 Å². The van der Waals surface area contributed by atoms with Crippen LogP contribution in [-0.2, 0) is 15.0 Å². The normalized spacial score (nSPS) is 11.0. The molecular weight excluding hydrogens is 256 g/mol. The fourth-order valence-electron chi connectivity index (χ4n) is 1.27. The lowest BCUT2D eigenvalue weighted by Gasteiger charge is -2.08. The van der Waals surface area contributed by atoms with Crippen molar-refractivity contribution in [2.24, 2.45) is 5.14 Å². The van der Waals surface area contributed by atoms with Crippen molar-refractivity contribution in [3.05, 3.63) is 24.3 Å². The van der Waals surface area contributed by atoms with Gasteiger partial charge in [-0.05, 0) is 24.7 Å². The number of rotatable bonds is 6. The van der Waals surface area contributed by atoms with E-state index in [0.29, 0.717) is 17.9 Å². The molecule has 0 bridgehead atoms. The Morgan fingerprint density at radius 1 is 1.33 bits per heavy atom. The summed E-state index contributed by atoms with van der Waals surface area (Å²) in [6.45, 7) is 2.79. The van der Waals surface area contributed by atoms with E-state index < -0.39 is 10.2 Å². The summed E-state index contributed by atoms with van der Waals surface area (Å²) in [4.78, 5) is 11.4. The summed E-state index contributed by atoms with van der Waals surface area (Å²) in [6, 6.07) is 6.27. The molecule has 5 N–H and O–H groups in total. The highest BCUT2D eigenvalue weighted by Crippen LogP contribution is 2.15. The number of benzene rings is 1. The van der Waals surface area contributed by atoms with Crippen LogP contribution in [0, 0.1) is 0 Å². The van der Waals surface area contributed by atoms with Crippen LogP contribution in [0.5, 0.6) is 0 Å². The van der Waals surface area contributed by atoms with Crippen LogP contribution < -0.4 is 20.5 Å². The summed E-state index contributed by atoms with van der Waals surface area (Å²) in [6.07, 6.45) is 0. The molecule has 1 aromatic rings. The molecule has 0 atom stereocenters. The second-order valence-corrected chi connectivity index (χ2v) is 4.85. The van der Waals surface area contributed by atoms with Crippen molar-refractivity contribution in [1.29, 1.82) is 0 Å². The largest absolute Gasteiger partial charge is 0.325 e. The monoisotopic (exact) mass is 272 g/mol. The third kappa shape index (κ3) is 5.62. The molecule has 0 spiro atoms. The second-order valence-electron chi connectivity index (χ2n) is 3.56. The highest BCUT2D eigenvalue weighted by Gasteiger charge is 2.05. The van der Waals surface area contributed by atoms with Gasteiger partial charge in [0.15, 0.2) is 0 Å². The highest BCUT2D eigenvalue weighted by atomic mass is 32.2. The van der Waals surface area contributed by atoms with Gasteiger partial charge >= 0.3 is 0 Å². The van der Waals surface area contributed by atoms with Gasteiger partial charge in [0.05, 0.1) is 12.2 Å². The molecule has 0 radical (unpaired) electrons. The van der Waals surface area contributed by atoms with Crippen molar-refractivity contribution in [2.75, 3.05) is 23.1 Å². The molecule has 18 heavy (non-hydrogen) atoms. The first-order chi connectivity index (χ1) is 8.40. The summed E-state index contributed by atoms with van der Waals surface area (Å²) < 4.78 is 23.8. The van der Waals surface area contributed by atoms with Gasteiger partial charge in [-0.3, -0.25) is 9.52 Å². The molecule has 0 saturated heterocycles. The quantitative estimate of drug-likeness (QED) is 0.576. The van der Waals surface area contributed by atoms with Gasteiger partial charge in [0, 0.05) is 5.69 Å². The molecule has 0 aliphatic carbocycles. The first-order valence-corrected chi connectivity index (χ1v) is 6.86. The summed E-state index contributed by atoms with van der Waals surface area (Å²) in [5.74, 6) is -0.204. The Morgan fingerprint density at radius 3 is 2.61 bits per heavy atom. The zero-order valence-electron chi connectivity index (χ0n) is 9.93. The molecule has 0 unspecified atom stereocenters. The maximum atomic E-state index is 11.4.